The summed E-state index contributed by atoms with van der Waals surface area (Å²) >= 11 is 0. The van der Waals surface area contributed by atoms with Crippen LogP contribution in [0.25, 0.3) is 0 Å². The highest BCUT2D eigenvalue weighted by molar-refractivity contribution is 5.97. The van der Waals surface area contributed by atoms with E-state index in [1.165, 1.54) is 43.2 Å². The number of benzene rings is 1. The summed E-state index contributed by atoms with van der Waals surface area (Å²) in [6.45, 7) is 4.03. The Kier molecular flexibility index (Phi) is 5.41. The number of nitrogens with two attached hydrogens (primary N) is 1. The maximum absolute atomic E-state index is 8.68. The largest absolute Gasteiger partial charge is 0.409 e. The zero-order valence-electron chi connectivity index (χ0n) is 12.2. The van der Waals surface area contributed by atoms with Gasteiger partial charge in [0, 0.05) is 12.1 Å². The zero-order valence-corrected chi connectivity index (χ0v) is 12.2. The van der Waals surface area contributed by atoms with Crippen molar-refractivity contribution in [3.05, 3.63) is 34.9 Å². The van der Waals surface area contributed by atoms with Crippen LogP contribution in [0.2, 0.25) is 0 Å². The van der Waals surface area contributed by atoms with Crippen LogP contribution in [0.5, 0.6) is 0 Å². The molecule has 2 rings (SSSR count). The first-order valence-corrected chi connectivity index (χ1v) is 7.49. The number of amidine groups is 1. The van der Waals surface area contributed by atoms with Crippen LogP contribution in [-0.2, 0) is 6.54 Å². The molecule has 4 heteroatoms. The van der Waals surface area contributed by atoms with Crippen LogP contribution >= 0.6 is 0 Å². The summed E-state index contributed by atoms with van der Waals surface area (Å²) in [5.74, 6) is 1.10. The van der Waals surface area contributed by atoms with Crippen LogP contribution in [0.3, 0.4) is 0 Å². The monoisotopic (exact) mass is 275 g/mol. The van der Waals surface area contributed by atoms with Gasteiger partial charge in [0.25, 0.3) is 0 Å². The topological polar surface area (TPSA) is 70.6 Å². The second-order valence-electron chi connectivity index (χ2n) is 5.74. The van der Waals surface area contributed by atoms with Crippen molar-refractivity contribution >= 4 is 5.84 Å². The summed E-state index contributed by atoms with van der Waals surface area (Å²) < 4.78 is 0. The van der Waals surface area contributed by atoms with Gasteiger partial charge in [-0.2, -0.15) is 0 Å². The third-order valence-electron chi connectivity index (χ3n) is 4.27. The Bertz CT molecular complexity index is 465. The fourth-order valence-electron chi connectivity index (χ4n) is 2.94. The first-order valence-electron chi connectivity index (χ1n) is 7.49. The Hall–Kier alpha value is -1.55. The van der Waals surface area contributed by atoms with Crippen molar-refractivity contribution in [3.8, 4) is 0 Å². The molecule has 4 N–H and O–H groups in total. The minimum absolute atomic E-state index is 0.161. The fourth-order valence-corrected chi connectivity index (χ4v) is 2.94. The molecule has 0 aliphatic heterocycles. The average molecular weight is 275 g/mol. The van der Waals surface area contributed by atoms with Crippen LogP contribution in [0.4, 0.5) is 0 Å². The van der Waals surface area contributed by atoms with Gasteiger partial charge >= 0.3 is 0 Å². The number of hydrogen-bond donors (Lipinski definition) is 3. The predicted octanol–water partition coefficient (Wildman–Crippen LogP) is 2.76. The zero-order chi connectivity index (χ0) is 14.4. The molecule has 0 bridgehead atoms. The van der Waals surface area contributed by atoms with Crippen molar-refractivity contribution in [2.24, 2.45) is 16.8 Å². The van der Waals surface area contributed by atoms with E-state index in [9.17, 15) is 0 Å². The molecule has 1 aromatic carbocycles. The van der Waals surface area contributed by atoms with E-state index >= 15 is 0 Å². The van der Waals surface area contributed by atoms with E-state index in [1.807, 2.05) is 18.2 Å². The molecular weight excluding hydrogens is 250 g/mol. The average Bonchev–Trinajstić information content (AvgIpc) is 2.97. The number of nitrogens with zero attached hydrogens (tertiary/aromatic N) is 1. The standard InChI is InChI=1S/C16H25N3O/c1-12-10-14(16(17)19-20)6-7-15(12)11-18-9-8-13-4-2-3-5-13/h6-7,10,13,18,20H,2-5,8-9,11H2,1H3,(H2,17,19). The fraction of sp³-hybridized carbons (Fsp3) is 0.562. The van der Waals surface area contributed by atoms with Crippen molar-refractivity contribution in [1.29, 1.82) is 0 Å². The lowest BCUT2D eigenvalue weighted by Crippen LogP contribution is -2.18. The van der Waals surface area contributed by atoms with Crippen LogP contribution in [0.1, 0.15) is 48.8 Å². The van der Waals surface area contributed by atoms with Gasteiger partial charge < -0.3 is 16.3 Å². The lowest BCUT2D eigenvalue weighted by Gasteiger charge is -2.12. The summed E-state index contributed by atoms with van der Waals surface area (Å²) in [6, 6.07) is 5.91. The Morgan fingerprint density at radius 1 is 1.40 bits per heavy atom. The molecule has 0 amide bonds. The number of aryl methyl sites for hydroxylation is 1. The normalized spacial score (nSPS) is 16.8. The Morgan fingerprint density at radius 2 is 2.15 bits per heavy atom. The first-order chi connectivity index (χ1) is 9.70. The third kappa shape index (κ3) is 3.97. The number of hydrogen-bond acceptors (Lipinski definition) is 3. The molecule has 110 valence electrons. The quantitative estimate of drug-likeness (QED) is 0.246. The molecule has 0 unspecified atom stereocenters. The highest BCUT2D eigenvalue weighted by Crippen LogP contribution is 2.26. The number of oxime groups is 1. The molecule has 0 atom stereocenters. The van der Waals surface area contributed by atoms with Gasteiger partial charge in [-0.25, -0.2) is 0 Å². The van der Waals surface area contributed by atoms with E-state index in [-0.39, 0.29) is 5.84 Å². The Balaban J connectivity index is 1.80. The molecule has 1 saturated carbocycles. The molecule has 0 saturated heterocycles. The summed E-state index contributed by atoms with van der Waals surface area (Å²) in [6.07, 6.45) is 6.95. The molecule has 1 aromatic rings. The van der Waals surface area contributed by atoms with Gasteiger partial charge in [-0.05, 0) is 43.0 Å². The van der Waals surface area contributed by atoms with E-state index in [0.717, 1.165) is 24.6 Å². The minimum Gasteiger partial charge on any atom is -0.409 e. The van der Waals surface area contributed by atoms with Gasteiger partial charge in [0.05, 0.1) is 0 Å². The highest BCUT2D eigenvalue weighted by Gasteiger charge is 2.13. The number of nitrogens with one attached hydrogen (secondary N) is 1. The van der Waals surface area contributed by atoms with E-state index in [4.69, 9.17) is 10.9 Å². The van der Waals surface area contributed by atoms with Gasteiger partial charge in [-0.1, -0.05) is 43.0 Å². The van der Waals surface area contributed by atoms with E-state index < -0.39 is 0 Å². The van der Waals surface area contributed by atoms with Crippen LogP contribution in [-0.4, -0.2) is 17.6 Å². The van der Waals surface area contributed by atoms with Gasteiger partial charge in [0.15, 0.2) is 5.84 Å². The molecule has 20 heavy (non-hydrogen) atoms. The minimum atomic E-state index is 0.161. The lowest BCUT2D eigenvalue weighted by atomic mass is 10.0. The number of rotatable bonds is 6. The first kappa shape index (κ1) is 14.9. The Labute approximate surface area is 121 Å². The van der Waals surface area contributed by atoms with Crippen LogP contribution < -0.4 is 11.1 Å². The predicted molar refractivity (Wildman–Crippen MR) is 82.0 cm³/mol. The molecule has 4 nitrogen and oxygen atoms in total. The van der Waals surface area contributed by atoms with Crippen molar-refractivity contribution in [2.75, 3.05) is 6.54 Å². The third-order valence-corrected chi connectivity index (χ3v) is 4.27. The molecule has 1 aliphatic carbocycles. The van der Waals surface area contributed by atoms with E-state index in [2.05, 4.69) is 17.4 Å². The van der Waals surface area contributed by atoms with E-state index in [1.54, 1.807) is 0 Å². The van der Waals surface area contributed by atoms with Gasteiger partial charge in [-0.15, -0.1) is 0 Å². The highest BCUT2D eigenvalue weighted by atomic mass is 16.4. The SMILES string of the molecule is Cc1cc(/C(N)=N/O)ccc1CNCCC1CCCC1. The summed E-state index contributed by atoms with van der Waals surface area (Å²) in [5.41, 5.74) is 8.79. The molecule has 0 spiro atoms. The van der Waals surface area contributed by atoms with Crippen molar-refractivity contribution in [3.63, 3.8) is 0 Å². The second-order valence-corrected chi connectivity index (χ2v) is 5.74. The molecule has 0 aromatic heterocycles. The molecule has 1 aliphatic rings. The van der Waals surface area contributed by atoms with Gasteiger partial charge in [-0.3, -0.25) is 0 Å². The second kappa shape index (κ2) is 7.29. The van der Waals surface area contributed by atoms with Crippen molar-refractivity contribution in [1.82, 2.24) is 5.32 Å². The summed E-state index contributed by atoms with van der Waals surface area (Å²) in [5, 5.41) is 15.2. The van der Waals surface area contributed by atoms with Gasteiger partial charge in [0.2, 0.25) is 0 Å². The molecule has 0 heterocycles. The van der Waals surface area contributed by atoms with Gasteiger partial charge in [0.1, 0.15) is 0 Å². The lowest BCUT2D eigenvalue weighted by molar-refractivity contribution is 0.318. The molecule has 1 fully saturated rings. The Morgan fingerprint density at radius 3 is 2.80 bits per heavy atom. The van der Waals surface area contributed by atoms with Crippen LogP contribution in [0, 0.1) is 12.8 Å². The molecular formula is C16H25N3O. The van der Waals surface area contributed by atoms with E-state index in [0.29, 0.717) is 0 Å². The smallest absolute Gasteiger partial charge is 0.170 e. The maximum atomic E-state index is 8.68. The summed E-state index contributed by atoms with van der Waals surface area (Å²) in [7, 11) is 0. The van der Waals surface area contributed by atoms with Crippen LogP contribution in [0.15, 0.2) is 23.4 Å². The molecule has 0 radical (unpaired) electrons. The summed E-state index contributed by atoms with van der Waals surface area (Å²) in [4.78, 5) is 0. The maximum Gasteiger partial charge on any atom is 0.170 e. The van der Waals surface area contributed by atoms with Crippen molar-refractivity contribution < 1.29 is 5.21 Å². The van der Waals surface area contributed by atoms with Crippen molar-refractivity contribution in [2.45, 2.75) is 45.6 Å².